The molecule has 6 heteroatoms. The second-order valence-corrected chi connectivity index (χ2v) is 3.36. The van der Waals surface area contributed by atoms with Crippen LogP contribution < -0.4 is 0 Å². The number of aromatic amines is 1. The van der Waals surface area contributed by atoms with Crippen molar-refractivity contribution in [1.29, 1.82) is 0 Å². The van der Waals surface area contributed by atoms with E-state index in [1.807, 2.05) is 20.0 Å². The van der Waals surface area contributed by atoms with Crippen molar-refractivity contribution in [3.05, 3.63) is 29.3 Å². The Morgan fingerprint density at radius 2 is 2.40 bits per heavy atom. The average molecular weight is 205 g/mol. The number of ketones is 1. The summed E-state index contributed by atoms with van der Waals surface area (Å²) in [6.45, 7) is 1.89. The highest BCUT2D eigenvalue weighted by molar-refractivity contribution is 5.95. The molecule has 6 nitrogen and oxygen atoms in total. The van der Waals surface area contributed by atoms with Gasteiger partial charge in [0.2, 0.25) is 0 Å². The van der Waals surface area contributed by atoms with Gasteiger partial charge in [0.25, 0.3) is 0 Å². The van der Waals surface area contributed by atoms with Crippen LogP contribution in [0.2, 0.25) is 0 Å². The highest BCUT2D eigenvalue weighted by Crippen LogP contribution is 2.05. The Labute approximate surface area is 86.3 Å². The molecule has 78 valence electrons. The molecule has 2 heterocycles. The number of carbonyl (C=O) groups excluding carboxylic acids is 1. The summed E-state index contributed by atoms with van der Waals surface area (Å²) in [5.74, 6) is -0.0632. The Balaban J connectivity index is 2.16. The summed E-state index contributed by atoms with van der Waals surface area (Å²) >= 11 is 0. The van der Waals surface area contributed by atoms with E-state index in [1.54, 1.807) is 4.68 Å². The maximum atomic E-state index is 11.7. The number of nitrogens with zero attached hydrogens (tertiary/aromatic N) is 4. The largest absolute Gasteiger partial charge is 0.292 e. The molecule has 0 amide bonds. The zero-order valence-electron chi connectivity index (χ0n) is 8.56. The Kier molecular flexibility index (Phi) is 2.32. The third-order valence-corrected chi connectivity index (χ3v) is 2.14. The highest BCUT2D eigenvalue weighted by Gasteiger charge is 2.12. The summed E-state index contributed by atoms with van der Waals surface area (Å²) in [5, 5.41) is 13.9. The standard InChI is InChI=1S/C9H11N5O/c1-6-3-7(14(2)12-6)4-9(15)8-5-10-13-11-8/h3,5H,4H2,1-2H3,(H,10,11,13). The Hall–Kier alpha value is -1.98. The number of hydrogen-bond acceptors (Lipinski definition) is 4. The fourth-order valence-electron chi connectivity index (χ4n) is 1.42. The Morgan fingerprint density at radius 1 is 1.60 bits per heavy atom. The number of aryl methyl sites for hydroxylation is 2. The van der Waals surface area contributed by atoms with Gasteiger partial charge >= 0.3 is 0 Å². The summed E-state index contributed by atoms with van der Waals surface area (Å²) in [5.41, 5.74) is 2.13. The molecule has 0 bridgehead atoms. The SMILES string of the molecule is Cc1cc(CC(=O)c2cn[nH]n2)n(C)n1. The molecule has 0 radical (unpaired) electrons. The fraction of sp³-hybridized carbons (Fsp3) is 0.333. The van der Waals surface area contributed by atoms with Gasteiger partial charge in [0.15, 0.2) is 5.78 Å². The van der Waals surface area contributed by atoms with Gasteiger partial charge in [-0.05, 0) is 13.0 Å². The molecular weight excluding hydrogens is 194 g/mol. The number of hydrogen-bond donors (Lipinski definition) is 1. The first-order chi connectivity index (χ1) is 7.16. The Bertz CT molecular complexity index is 471. The monoisotopic (exact) mass is 205 g/mol. The quantitative estimate of drug-likeness (QED) is 0.730. The van der Waals surface area contributed by atoms with E-state index in [4.69, 9.17) is 0 Å². The van der Waals surface area contributed by atoms with Gasteiger partial charge in [0.1, 0.15) is 5.69 Å². The van der Waals surface area contributed by atoms with Gasteiger partial charge in [0, 0.05) is 12.7 Å². The molecule has 0 aliphatic rings. The molecule has 2 aromatic heterocycles. The van der Waals surface area contributed by atoms with Crippen molar-refractivity contribution in [2.45, 2.75) is 13.3 Å². The van der Waals surface area contributed by atoms with Gasteiger partial charge in [-0.1, -0.05) is 0 Å². The fourth-order valence-corrected chi connectivity index (χ4v) is 1.42. The molecule has 0 saturated heterocycles. The molecule has 0 aliphatic heterocycles. The van der Waals surface area contributed by atoms with Crippen molar-refractivity contribution >= 4 is 5.78 Å². The number of rotatable bonds is 3. The van der Waals surface area contributed by atoms with Gasteiger partial charge in [0.05, 0.1) is 18.3 Å². The molecule has 1 N–H and O–H groups in total. The van der Waals surface area contributed by atoms with Crippen LogP contribution in [-0.4, -0.2) is 31.0 Å². The first-order valence-electron chi connectivity index (χ1n) is 4.55. The first-order valence-corrected chi connectivity index (χ1v) is 4.55. The Morgan fingerprint density at radius 3 is 2.93 bits per heavy atom. The van der Waals surface area contributed by atoms with Gasteiger partial charge in [-0.2, -0.15) is 20.5 Å². The van der Waals surface area contributed by atoms with E-state index in [9.17, 15) is 4.79 Å². The van der Waals surface area contributed by atoms with Crippen LogP contribution >= 0.6 is 0 Å². The molecule has 0 fully saturated rings. The van der Waals surface area contributed by atoms with Crippen LogP contribution in [0.4, 0.5) is 0 Å². The maximum Gasteiger partial charge on any atom is 0.190 e. The minimum Gasteiger partial charge on any atom is -0.292 e. The minimum absolute atomic E-state index is 0.0632. The van der Waals surface area contributed by atoms with Crippen LogP contribution in [0.25, 0.3) is 0 Å². The number of H-pyrrole nitrogens is 1. The normalized spacial score (nSPS) is 10.5. The van der Waals surface area contributed by atoms with Crippen LogP contribution in [0.3, 0.4) is 0 Å². The lowest BCUT2D eigenvalue weighted by Crippen LogP contribution is -2.08. The third kappa shape index (κ3) is 1.93. The summed E-state index contributed by atoms with van der Waals surface area (Å²) in [6, 6.07) is 1.89. The van der Waals surface area contributed by atoms with Crippen LogP contribution in [0.1, 0.15) is 21.9 Å². The zero-order chi connectivity index (χ0) is 10.8. The molecule has 0 aliphatic carbocycles. The molecule has 0 spiro atoms. The summed E-state index contributed by atoms with van der Waals surface area (Å²) in [7, 11) is 1.82. The lowest BCUT2D eigenvalue weighted by Gasteiger charge is -1.97. The van der Waals surface area contributed by atoms with Crippen LogP contribution in [0.15, 0.2) is 12.3 Å². The molecule has 0 saturated carbocycles. The molecule has 0 atom stereocenters. The summed E-state index contributed by atoms with van der Waals surface area (Å²) in [4.78, 5) is 11.7. The van der Waals surface area contributed by atoms with E-state index in [2.05, 4.69) is 20.5 Å². The molecule has 15 heavy (non-hydrogen) atoms. The van der Waals surface area contributed by atoms with E-state index in [0.29, 0.717) is 12.1 Å². The zero-order valence-corrected chi connectivity index (χ0v) is 8.56. The smallest absolute Gasteiger partial charge is 0.190 e. The lowest BCUT2D eigenvalue weighted by molar-refractivity contribution is 0.0986. The van der Waals surface area contributed by atoms with E-state index in [-0.39, 0.29) is 5.78 Å². The highest BCUT2D eigenvalue weighted by atomic mass is 16.1. The van der Waals surface area contributed by atoms with Crippen molar-refractivity contribution in [2.75, 3.05) is 0 Å². The number of aromatic nitrogens is 5. The summed E-state index contributed by atoms with van der Waals surface area (Å²) in [6.07, 6.45) is 1.72. The van der Waals surface area contributed by atoms with Crippen molar-refractivity contribution in [1.82, 2.24) is 25.2 Å². The van der Waals surface area contributed by atoms with Crippen LogP contribution in [0, 0.1) is 6.92 Å². The van der Waals surface area contributed by atoms with Crippen molar-refractivity contribution in [2.24, 2.45) is 7.05 Å². The summed E-state index contributed by atoms with van der Waals surface area (Å²) < 4.78 is 1.70. The number of Topliss-reactive ketones (excluding diaryl/α,β-unsaturated/α-hetero) is 1. The predicted molar refractivity (Wildman–Crippen MR) is 52.4 cm³/mol. The molecule has 2 rings (SSSR count). The van der Waals surface area contributed by atoms with Gasteiger partial charge in [-0.25, -0.2) is 0 Å². The van der Waals surface area contributed by atoms with Gasteiger partial charge in [-0.3, -0.25) is 9.48 Å². The first kappa shape index (κ1) is 9.57. The molecule has 0 unspecified atom stereocenters. The topological polar surface area (TPSA) is 76.5 Å². The number of carbonyl (C=O) groups is 1. The van der Waals surface area contributed by atoms with E-state index in [1.165, 1.54) is 6.20 Å². The van der Waals surface area contributed by atoms with Crippen LogP contribution in [-0.2, 0) is 13.5 Å². The van der Waals surface area contributed by atoms with Crippen molar-refractivity contribution in [3.63, 3.8) is 0 Å². The second-order valence-electron chi connectivity index (χ2n) is 3.36. The van der Waals surface area contributed by atoms with E-state index < -0.39 is 0 Å². The predicted octanol–water partition coefficient (Wildman–Crippen LogP) is 0.272. The maximum absolute atomic E-state index is 11.7. The number of nitrogens with one attached hydrogen (secondary N) is 1. The van der Waals surface area contributed by atoms with Crippen molar-refractivity contribution in [3.8, 4) is 0 Å². The molecule has 0 aromatic carbocycles. The molecular formula is C9H11N5O. The average Bonchev–Trinajstić information content (AvgIpc) is 2.76. The third-order valence-electron chi connectivity index (χ3n) is 2.14. The van der Waals surface area contributed by atoms with Gasteiger partial charge in [-0.15, -0.1) is 0 Å². The van der Waals surface area contributed by atoms with E-state index >= 15 is 0 Å². The molecule has 2 aromatic rings. The van der Waals surface area contributed by atoms with Crippen LogP contribution in [0.5, 0.6) is 0 Å². The lowest BCUT2D eigenvalue weighted by atomic mass is 10.2. The van der Waals surface area contributed by atoms with Crippen molar-refractivity contribution < 1.29 is 4.79 Å². The van der Waals surface area contributed by atoms with E-state index in [0.717, 1.165) is 11.4 Å². The van der Waals surface area contributed by atoms with Gasteiger partial charge < -0.3 is 0 Å². The minimum atomic E-state index is -0.0632. The second kappa shape index (κ2) is 3.64.